The Bertz CT molecular complexity index is 1430. The molecular formula is C43H82FNO6SSi3. The number of aromatic nitrogens is 1. The summed E-state index contributed by atoms with van der Waals surface area (Å²) in [6.07, 6.45) is 3.20. The van der Waals surface area contributed by atoms with Crippen molar-refractivity contribution in [3.05, 3.63) is 33.6 Å². The molecule has 7 nitrogen and oxygen atoms in total. The number of nitrogens with zero attached hydrogens (tertiary/aromatic N) is 1. The molecule has 1 aromatic heterocycles. The molecule has 0 bridgehead atoms. The van der Waals surface area contributed by atoms with Crippen molar-refractivity contribution in [2.24, 2.45) is 17.3 Å². The molecule has 0 saturated carbocycles. The van der Waals surface area contributed by atoms with Gasteiger partial charge in [-0.25, -0.2) is 9.37 Å². The van der Waals surface area contributed by atoms with Crippen molar-refractivity contribution < 1.29 is 32.3 Å². The zero-order chi connectivity index (χ0) is 43.2. The molecule has 55 heavy (non-hydrogen) atoms. The molecule has 0 amide bonds. The van der Waals surface area contributed by atoms with Crippen LogP contribution in [-0.2, 0) is 22.8 Å². The zero-order valence-electron chi connectivity index (χ0n) is 38.9. The number of rotatable bonds is 21. The summed E-state index contributed by atoms with van der Waals surface area (Å²) in [4.78, 5) is 19.2. The topological polar surface area (TPSA) is 87.1 Å². The summed E-state index contributed by atoms with van der Waals surface area (Å²) in [6.45, 7) is 44.8. The quantitative estimate of drug-likeness (QED) is 0.123. The van der Waals surface area contributed by atoms with Crippen molar-refractivity contribution in [1.82, 2.24) is 4.98 Å². The van der Waals surface area contributed by atoms with E-state index >= 15 is 4.39 Å². The molecule has 0 spiro atoms. The van der Waals surface area contributed by atoms with Crippen LogP contribution in [0.4, 0.5) is 4.39 Å². The van der Waals surface area contributed by atoms with Crippen molar-refractivity contribution >= 4 is 48.1 Å². The molecule has 1 unspecified atom stereocenters. The van der Waals surface area contributed by atoms with Crippen LogP contribution in [0, 0.1) is 24.2 Å². The first-order chi connectivity index (χ1) is 24.6. The van der Waals surface area contributed by atoms with Gasteiger partial charge in [0.15, 0.2) is 25.0 Å². The van der Waals surface area contributed by atoms with Gasteiger partial charge in [-0.3, -0.25) is 4.79 Å². The van der Waals surface area contributed by atoms with E-state index < -0.39 is 48.5 Å². The third-order valence-corrected chi connectivity index (χ3v) is 27.0. The summed E-state index contributed by atoms with van der Waals surface area (Å²) < 4.78 is 42.3. The van der Waals surface area contributed by atoms with Crippen molar-refractivity contribution in [3.63, 3.8) is 0 Å². The monoisotopic (exact) mass is 844 g/mol. The second-order valence-electron chi connectivity index (χ2n) is 21.0. The van der Waals surface area contributed by atoms with E-state index in [2.05, 4.69) is 107 Å². The van der Waals surface area contributed by atoms with Gasteiger partial charge in [0, 0.05) is 29.2 Å². The molecule has 0 aliphatic carbocycles. The average molecular weight is 844 g/mol. The van der Waals surface area contributed by atoms with E-state index in [1.807, 2.05) is 53.0 Å². The van der Waals surface area contributed by atoms with Crippen molar-refractivity contribution in [2.45, 2.75) is 189 Å². The minimum atomic E-state index is -2.34. The van der Waals surface area contributed by atoms with E-state index in [9.17, 15) is 9.90 Å². The van der Waals surface area contributed by atoms with Crippen LogP contribution in [-0.4, -0.2) is 79.0 Å². The summed E-state index contributed by atoms with van der Waals surface area (Å²) in [6, 6.07) is 0. The normalized spacial score (nSPS) is 17.6. The van der Waals surface area contributed by atoms with E-state index in [1.165, 1.54) is 0 Å². The second kappa shape index (κ2) is 19.9. The maximum atomic E-state index is 15.6. The lowest BCUT2D eigenvalue weighted by Gasteiger charge is -2.46. The summed E-state index contributed by atoms with van der Waals surface area (Å²) in [5, 5.41) is 13.0. The van der Waals surface area contributed by atoms with Gasteiger partial charge in [0.2, 0.25) is 0 Å². The number of thiazole rings is 1. The standard InChI is InChI=1S/C43H82FNO6SSi3/c1-30(26-35-29-52-33(4)45-35)36(49-53(16,17)40(5,6)7)23-22-34(44)28-48-27-31(2)38(51-55(20,21)42(11,12)13)32(3)39(47)43(14,15)37(24-25-46)50-54(18,19)41(8,9)10/h22,26,29,31-32,36-38,46H,23-25,27-28H2,1-21H3/b30-26+,34-22-/t31-,32+,36?,37-,38-/m0/s1. The van der Waals surface area contributed by atoms with Gasteiger partial charge in [0.05, 0.1) is 42.2 Å². The number of carbonyl (C=O) groups is 1. The Kier molecular flexibility index (Phi) is 18.9. The molecule has 1 aromatic rings. The first-order valence-corrected chi connectivity index (χ1v) is 29.9. The van der Waals surface area contributed by atoms with Crippen LogP contribution in [0.25, 0.3) is 6.08 Å². The summed E-state index contributed by atoms with van der Waals surface area (Å²) >= 11 is 1.61. The lowest BCUT2D eigenvalue weighted by atomic mass is 9.73. The van der Waals surface area contributed by atoms with Gasteiger partial charge in [0.1, 0.15) is 11.6 Å². The number of ketones is 1. The Morgan fingerprint density at radius 2 is 1.36 bits per heavy atom. The van der Waals surface area contributed by atoms with Crippen LogP contribution in [0.15, 0.2) is 22.9 Å². The fourth-order valence-electron chi connectivity index (χ4n) is 5.70. The van der Waals surface area contributed by atoms with Crippen LogP contribution >= 0.6 is 11.3 Å². The Morgan fingerprint density at radius 3 is 1.82 bits per heavy atom. The highest BCUT2D eigenvalue weighted by molar-refractivity contribution is 7.09. The number of carbonyl (C=O) groups excluding carboxylic acids is 1. The number of halogens is 1. The van der Waals surface area contributed by atoms with E-state index in [0.717, 1.165) is 16.3 Å². The molecule has 1 N–H and O–H groups in total. The van der Waals surface area contributed by atoms with Gasteiger partial charge >= 0.3 is 0 Å². The molecule has 1 rings (SSSR count). The molecule has 1 heterocycles. The number of aliphatic hydroxyl groups is 1. The highest BCUT2D eigenvalue weighted by atomic mass is 32.1. The molecule has 0 aliphatic heterocycles. The summed E-state index contributed by atoms with van der Waals surface area (Å²) in [5.41, 5.74) is 1.02. The van der Waals surface area contributed by atoms with Gasteiger partial charge in [-0.15, -0.1) is 11.3 Å². The molecule has 0 saturated heterocycles. The number of aliphatic hydroxyl groups excluding tert-OH is 1. The molecule has 0 aromatic carbocycles. The Morgan fingerprint density at radius 1 is 0.873 bits per heavy atom. The largest absolute Gasteiger partial charge is 0.413 e. The van der Waals surface area contributed by atoms with Crippen LogP contribution in [0.3, 0.4) is 0 Å². The van der Waals surface area contributed by atoms with Crippen LogP contribution in [0.1, 0.15) is 120 Å². The first-order valence-electron chi connectivity index (χ1n) is 20.3. The van der Waals surface area contributed by atoms with E-state index in [0.29, 0.717) is 12.8 Å². The Labute approximate surface area is 344 Å². The van der Waals surface area contributed by atoms with Gasteiger partial charge in [-0.2, -0.15) is 0 Å². The van der Waals surface area contributed by atoms with Crippen molar-refractivity contribution in [1.29, 1.82) is 0 Å². The van der Waals surface area contributed by atoms with Gasteiger partial charge in [-0.05, 0) is 98.8 Å². The Hall–Kier alpha value is -0.839. The molecular weight excluding hydrogens is 762 g/mol. The van der Waals surface area contributed by atoms with Crippen LogP contribution in [0.2, 0.25) is 54.4 Å². The van der Waals surface area contributed by atoms with Gasteiger partial charge in [0.25, 0.3) is 0 Å². The number of hydrogen-bond donors (Lipinski definition) is 1. The molecule has 320 valence electrons. The zero-order valence-corrected chi connectivity index (χ0v) is 42.7. The third kappa shape index (κ3) is 15.0. The fourth-order valence-corrected chi connectivity index (χ4v) is 10.6. The summed E-state index contributed by atoms with van der Waals surface area (Å²) in [7, 11) is -6.76. The summed E-state index contributed by atoms with van der Waals surface area (Å²) in [5.74, 6) is -1.00. The van der Waals surface area contributed by atoms with Gasteiger partial charge < -0.3 is 23.1 Å². The predicted octanol–water partition coefficient (Wildman–Crippen LogP) is 12.5. The highest BCUT2D eigenvalue weighted by Crippen LogP contribution is 2.44. The second-order valence-corrected chi connectivity index (χ2v) is 36.4. The number of Topliss-reactive ketones (excluding diaryl/α,β-unsaturated/α-hetero) is 1. The van der Waals surface area contributed by atoms with Crippen molar-refractivity contribution in [3.8, 4) is 0 Å². The highest BCUT2D eigenvalue weighted by Gasteiger charge is 2.49. The maximum absolute atomic E-state index is 15.6. The van der Waals surface area contributed by atoms with Crippen molar-refractivity contribution in [2.75, 3.05) is 19.8 Å². The maximum Gasteiger partial charge on any atom is 0.192 e. The van der Waals surface area contributed by atoms with E-state index in [1.54, 1.807) is 17.4 Å². The van der Waals surface area contributed by atoms with Gasteiger partial charge in [-0.1, -0.05) is 90.0 Å². The Balaban J connectivity index is 3.33. The lowest BCUT2D eigenvalue weighted by Crippen LogP contribution is -2.54. The fraction of sp³-hybridized carbons (Fsp3) is 0.814. The number of aryl methyl sites for hydroxylation is 1. The predicted molar refractivity (Wildman–Crippen MR) is 240 cm³/mol. The van der Waals surface area contributed by atoms with E-state index in [-0.39, 0.29) is 58.6 Å². The molecule has 0 aliphatic rings. The molecule has 0 fully saturated rings. The minimum Gasteiger partial charge on any atom is -0.413 e. The number of hydrogen-bond acceptors (Lipinski definition) is 8. The van der Waals surface area contributed by atoms with Crippen LogP contribution < -0.4 is 0 Å². The molecule has 0 radical (unpaired) electrons. The SMILES string of the molecule is C/C(=C\c1csc(C)n1)C(C/C=C(\F)COC[C@H](C)[C@H](O[Si](C)(C)C(C)(C)C)[C@@H](C)C(=O)C(C)(C)[C@H](CCO)O[Si](C)(C)C(C)(C)C)O[Si](C)(C)C(C)(C)C. The molecule has 5 atom stereocenters. The van der Waals surface area contributed by atoms with E-state index in [4.69, 9.17) is 18.0 Å². The lowest BCUT2D eigenvalue weighted by molar-refractivity contribution is -0.141. The molecule has 12 heteroatoms. The minimum absolute atomic E-state index is 0.00146. The first kappa shape index (κ1) is 52.2. The third-order valence-electron chi connectivity index (χ3n) is 12.7. The number of ether oxygens (including phenoxy) is 1. The average Bonchev–Trinajstić information content (AvgIpc) is 3.42. The smallest absolute Gasteiger partial charge is 0.192 e. The van der Waals surface area contributed by atoms with Crippen LogP contribution in [0.5, 0.6) is 0 Å².